The molecule has 0 radical (unpaired) electrons. The SMILES string of the molecule is CCN1CCN(c2cc(OC(N)=O)c(N)c(C(C)(C)C)c2)CC1. The maximum absolute atomic E-state index is 11.2. The number of nitrogens with zero attached hydrogens (tertiary/aromatic N) is 2. The van der Waals surface area contributed by atoms with Crippen molar-refractivity contribution >= 4 is 17.5 Å². The minimum atomic E-state index is -0.843. The van der Waals surface area contributed by atoms with Crippen LogP contribution in [0.5, 0.6) is 5.75 Å². The number of hydrogen-bond donors (Lipinski definition) is 2. The Hall–Kier alpha value is -1.95. The van der Waals surface area contributed by atoms with E-state index in [9.17, 15) is 4.79 Å². The number of carbonyl (C=O) groups is 1. The summed E-state index contributed by atoms with van der Waals surface area (Å²) in [6.45, 7) is 13.4. The highest BCUT2D eigenvalue weighted by atomic mass is 16.5. The van der Waals surface area contributed by atoms with Crippen LogP contribution in [0.15, 0.2) is 12.1 Å². The van der Waals surface area contributed by atoms with E-state index in [-0.39, 0.29) is 5.41 Å². The summed E-state index contributed by atoms with van der Waals surface area (Å²) >= 11 is 0. The van der Waals surface area contributed by atoms with Crippen LogP contribution in [0.1, 0.15) is 33.3 Å². The number of amides is 1. The molecular formula is C17H28N4O2. The Morgan fingerprint density at radius 1 is 1.22 bits per heavy atom. The van der Waals surface area contributed by atoms with Gasteiger partial charge in [0.1, 0.15) is 0 Å². The van der Waals surface area contributed by atoms with Crippen molar-refractivity contribution in [2.24, 2.45) is 5.73 Å². The van der Waals surface area contributed by atoms with E-state index < -0.39 is 6.09 Å². The maximum Gasteiger partial charge on any atom is 0.410 e. The van der Waals surface area contributed by atoms with Gasteiger partial charge >= 0.3 is 6.09 Å². The van der Waals surface area contributed by atoms with Crippen molar-refractivity contribution in [3.05, 3.63) is 17.7 Å². The zero-order valence-corrected chi connectivity index (χ0v) is 14.6. The number of carbonyl (C=O) groups excluding carboxylic acids is 1. The van der Waals surface area contributed by atoms with Gasteiger partial charge in [0.2, 0.25) is 0 Å². The Morgan fingerprint density at radius 2 is 1.83 bits per heavy atom. The first-order valence-corrected chi connectivity index (χ1v) is 8.11. The molecule has 1 amide bonds. The van der Waals surface area contributed by atoms with Crippen molar-refractivity contribution in [1.29, 1.82) is 0 Å². The first-order chi connectivity index (χ1) is 10.7. The van der Waals surface area contributed by atoms with E-state index in [0.717, 1.165) is 44.0 Å². The monoisotopic (exact) mass is 320 g/mol. The van der Waals surface area contributed by atoms with Gasteiger partial charge in [-0.15, -0.1) is 0 Å². The summed E-state index contributed by atoms with van der Waals surface area (Å²) in [6.07, 6.45) is -0.843. The maximum atomic E-state index is 11.2. The average Bonchev–Trinajstić information content (AvgIpc) is 2.48. The van der Waals surface area contributed by atoms with Crippen LogP contribution in [0.2, 0.25) is 0 Å². The van der Waals surface area contributed by atoms with E-state index in [0.29, 0.717) is 11.4 Å². The van der Waals surface area contributed by atoms with Crippen molar-refractivity contribution in [2.45, 2.75) is 33.1 Å². The first-order valence-electron chi connectivity index (χ1n) is 8.11. The molecule has 1 aromatic rings. The van der Waals surface area contributed by atoms with Crippen molar-refractivity contribution in [3.8, 4) is 5.75 Å². The molecule has 0 atom stereocenters. The molecule has 0 spiro atoms. The van der Waals surface area contributed by atoms with Crippen LogP contribution in [0, 0.1) is 0 Å². The lowest BCUT2D eigenvalue weighted by atomic mass is 9.85. The van der Waals surface area contributed by atoms with Gasteiger partial charge in [-0.05, 0) is 23.6 Å². The molecule has 0 saturated carbocycles. The molecular weight excluding hydrogens is 292 g/mol. The number of hydrogen-bond acceptors (Lipinski definition) is 5. The number of primary amides is 1. The van der Waals surface area contributed by atoms with Crippen LogP contribution in [0.25, 0.3) is 0 Å². The van der Waals surface area contributed by atoms with E-state index in [1.165, 1.54) is 0 Å². The molecule has 2 rings (SSSR count). The summed E-state index contributed by atoms with van der Waals surface area (Å²) in [6, 6.07) is 3.92. The second kappa shape index (κ2) is 6.66. The largest absolute Gasteiger partial charge is 0.410 e. The Morgan fingerprint density at radius 3 is 2.30 bits per heavy atom. The molecule has 6 heteroatoms. The minimum absolute atomic E-state index is 0.152. The van der Waals surface area contributed by atoms with Crippen LogP contribution in [0.4, 0.5) is 16.2 Å². The molecule has 1 aromatic carbocycles. The fourth-order valence-electron chi connectivity index (χ4n) is 2.93. The van der Waals surface area contributed by atoms with Gasteiger partial charge in [-0.1, -0.05) is 27.7 Å². The van der Waals surface area contributed by atoms with E-state index in [1.54, 1.807) is 0 Å². The summed E-state index contributed by atoms with van der Waals surface area (Å²) in [4.78, 5) is 15.9. The number of nitrogen functional groups attached to an aromatic ring is 1. The second-order valence-electron chi connectivity index (χ2n) is 7.00. The zero-order chi connectivity index (χ0) is 17.2. The number of nitrogens with two attached hydrogens (primary N) is 2. The Balaban J connectivity index is 2.37. The fourth-order valence-corrected chi connectivity index (χ4v) is 2.93. The van der Waals surface area contributed by atoms with E-state index in [1.807, 2.05) is 6.07 Å². The lowest BCUT2D eigenvalue weighted by molar-refractivity contribution is 0.211. The number of ether oxygens (including phenoxy) is 1. The summed E-state index contributed by atoms with van der Waals surface area (Å²) in [7, 11) is 0. The zero-order valence-electron chi connectivity index (χ0n) is 14.6. The molecule has 128 valence electrons. The van der Waals surface area contributed by atoms with Gasteiger partial charge in [-0.3, -0.25) is 0 Å². The molecule has 1 aliphatic rings. The predicted octanol–water partition coefficient (Wildman–Crippen LogP) is 2.17. The molecule has 1 fully saturated rings. The van der Waals surface area contributed by atoms with E-state index >= 15 is 0 Å². The smallest absolute Gasteiger partial charge is 0.408 e. The van der Waals surface area contributed by atoms with Gasteiger partial charge in [0.25, 0.3) is 0 Å². The molecule has 0 aromatic heterocycles. The summed E-state index contributed by atoms with van der Waals surface area (Å²) < 4.78 is 5.13. The van der Waals surface area contributed by atoms with Crippen LogP contribution in [-0.2, 0) is 5.41 Å². The first kappa shape index (κ1) is 17.4. The van der Waals surface area contributed by atoms with Crippen molar-refractivity contribution in [2.75, 3.05) is 43.4 Å². The lowest BCUT2D eigenvalue weighted by Crippen LogP contribution is -2.46. The molecule has 0 aliphatic carbocycles. The van der Waals surface area contributed by atoms with Gasteiger partial charge in [0.15, 0.2) is 5.75 Å². The third kappa shape index (κ3) is 4.07. The molecule has 1 saturated heterocycles. The fraction of sp³-hybridized carbons (Fsp3) is 0.588. The average molecular weight is 320 g/mol. The van der Waals surface area contributed by atoms with Gasteiger partial charge < -0.3 is 26.0 Å². The molecule has 0 bridgehead atoms. The van der Waals surface area contributed by atoms with E-state index in [2.05, 4.69) is 43.6 Å². The Labute approximate surface area is 138 Å². The van der Waals surface area contributed by atoms with Crippen molar-refractivity contribution in [3.63, 3.8) is 0 Å². The number of benzene rings is 1. The highest BCUT2D eigenvalue weighted by Crippen LogP contribution is 2.38. The van der Waals surface area contributed by atoms with Crippen molar-refractivity contribution in [1.82, 2.24) is 4.90 Å². The molecule has 6 nitrogen and oxygen atoms in total. The van der Waals surface area contributed by atoms with Gasteiger partial charge in [0.05, 0.1) is 5.69 Å². The standard InChI is InChI=1S/C17H28N4O2/c1-5-20-6-8-21(9-7-20)12-10-13(17(2,3)4)15(18)14(11-12)23-16(19)22/h10-11H,5-9,18H2,1-4H3,(H2,19,22). The van der Waals surface area contributed by atoms with Gasteiger partial charge in [0, 0.05) is 37.9 Å². The molecule has 1 aliphatic heterocycles. The summed E-state index contributed by atoms with van der Waals surface area (Å²) in [5.41, 5.74) is 13.7. The highest BCUT2D eigenvalue weighted by molar-refractivity contribution is 5.75. The highest BCUT2D eigenvalue weighted by Gasteiger charge is 2.24. The van der Waals surface area contributed by atoms with Crippen LogP contribution < -0.4 is 21.1 Å². The summed E-state index contributed by atoms with van der Waals surface area (Å²) in [5.74, 6) is 0.345. The third-order valence-electron chi connectivity index (χ3n) is 4.33. The van der Waals surface area contributed by atoms with Gasteiger partial charge in [-0.2, -0.15) is 0 Å². The second-order valence-corrected chi connectivity index (χ2v) is 7.00. The molecule has 1 heterocycles. The molecule has 0 unspecified atom stereocenters. The summed E-state index contributed by atoms with van der Waals surface area (Å²) in [5, 5.41) is 0. The Kier molecular flexibility index (Phi) is 5.04. The minimum Gasteiger partial charge on any atom is -0.408 e. The molecule has 23 heavy (non-hydrogen) atoms. The predicted molar refractivity (Wildman–Crippen MR) is 94.1 cm³/mol. The topological polar surface area (TPSA) is 84.8 Å². The van der Waals surface area contributed by atoms with Crippen LogP contribution in [0.3, 0.4) is 0 Å². The van der Waals surface area contributed by atoms with Crippen molar-refractivity contribution < 1.29 is 9.53 Å². The molecule has 4 N–H and O–H groups in total. The Bertz CT molecular complexity index is 573. The van der Waals surface area contributed by atoms with Crippen LogP contribution in [-0.4, -0.2) is 43.7 Å². The quantitative estimate of drug-likeness (QED) is 0.834. The number of anilines is 2. The number of likely N-dealkylation sites (N-methyl/N-ethyl adjacent to an activating group) is 1. The normalized spacial score (nSPS) is 16.4. The van der Waals surface area contributed by atoms with Gasteiger partial charge in [-0.25, -0.2) is 4.79 Å². The van der Waals surface area contributed by atoms with Crippen LogP contribution >= 0.6 is 0 Å². The van der Waals surface area contributed by atoms with E-state index in [4.69, 9.17) is 16.2 Å². The third-order valence-corrected chi connectivity index (χ3v) is 4.33. The lowest BCUT2D eigenvalue weighted by Gasteiger charge is -2.36. The number of piperazine rings is 1. The number of rotatable bonds is 3.